The molecular weight excluding hydrogens is 298 g/mol. The van der Waals surface area contributed by atoms with Gasteiger partial charge >= 0.3 is 6.03 Å². The van der Waals surface area contributed by atoms with E-state index in [1.807, 2.05) is 13.1 Å². The summed E-state index contributed by atoms with van der Waals surface area (Å²) in [6.07, 6.45) is 0.828. The molecule has 23 heavy (non-hydrogen) atoms. The third-order valence-corrected chi connectivity index (χ3v) is 4.35. The van der Waals surface area contributed by atoms with Crippen molar-refractivity contribution < 1.29 is 9.59 Å². The quantitative estimate of drug-likeness (QED) is 0.666. The molecule has 8 heteroatoms. The minimum Gasteiger partial charge on any atom is -0.350 e. The average Bonchev–Trinajstić information content (AvgIpc) is 2.85. The van der Waals surface area contributed by atoms with E-state index in [4.69, 9.17) is 0 Å². The van der Waals surface area contributed by atoms with E-state index < -0.39 is 6.04 Å². The van der Waals surface area contributed by atoms with Gasteiger partial charge in [-0.3, -0.25) is 9.59 Å². The van der Waals surface area contributed by atoms with Crippen molar-refractivity contribution >= 4 is 11.9 Å². The highest BCUT2D eigenvalue weighted by Crippen LogP contribution is 2.15. The third kappa shape index (κ3) is 3.21. The number of hydrogen-bond donors (Lipinski definition) is 3. The van der Waals surface area contributed by atoms with Gasteiger partial charge in [-0.05, 0) is 18.7 Å². The van der Waals surface area contributed by atoms with Crippen LogP contribution in [0.2, 0.25) is 0 Å². The maximum atomic E-state index is 12.1. The molecule has 1 unspecified atom stereocenters. The number of H-pyrrole nitrogens is 1. The van der Waals surface area contributed by atoms with Crippen molar-refractivity contribution in [3.05, 3.63) is 33.2 Å². The fraction of sp³-hybridized carbons (Fsp3) is 0.533. The lowest BCUT2D eigenvalue weighted by molar-refractivity contribution is -0.122. The molecular formula is C15H21N5O3. The predicted molar refractivity (Wildman–Crippen MR) is 83.9 cm³/mol. The number of pyridine rings is 1. The van der Waals surface area contributed by atoms with Gasteiger partial charge in [-0.1, -0.05) is 0 Å². The molecule has 0 bridgehead atoms. The Morgan fingerprint density at radius 1 is 1.39 bits per heavy atom. The van der Waals surface area contributed by atoms with Crippen LogP contribution in [0.3, 0.4) is 0 Å². The van der Waals surface area contributed by atoms with Gasteiger partial charge in [-0.25, -0.2) is 4.79 Å². The van der Waals surface area contributed by atoms with Gasteiger partial charge in [-0.15, -0.1) is 0 Å². The molecule has 3 heterocycles. The fourth-order valence-corrected chi connectivity index (χ4v) is 2.94. The number of urea groups is 1. The third-order valence-electron chi connectivity index (χ3n) is 4.35. The lowest BCUT2D eigenvalue weighted by Gasteiger charge is -2.25. The molecule has 1 saturated heterocycles. The van der Waals surface area contributed by atoms with Crippen molar-refractivity contribution in [2.45, 2.75) is 25.6 Å². The number of hydrogen-bond acceptors (Lipinski definition) is 4. The van der Waals surface area contributed by atoms with Crippen LogP contribution < -0.4 is 16.2 Å². The summed E-state index contributed by atoms with van der Waals surface area (Å²) in [6, 6.07) is 1.03. The Balaban J connectivity index is 1.66. The SMILES string of the molecule is CN1CCc2[nH]c(=O)c(CNC(=O)C3CN(C)C(=O)N3)cc2C1. The number of likely N-dealkylation sites (N-methyl/N-ethyl adjacent to an activating group) is 2. The second-order valence-corrected chi connectivity index (χ2v) is 6.22. The van der Waals surface area contributed by atoms with Crippen LogP contribution in [0.4, 0.5) is 4.79 Å². The molecule has 1 aromatic rings. The Kier molecular flexibility index (Phi) is 4.08. The van der Waals surface area contributed by atoms with E-state index in [0.717, 1.165) is 30.8 Å². The van der Waals surface area contributed by atoms with Gasteiger partial charge < -0.3 is 25.4 Å². The van der Waals surface area contributed by atoms with E-state index in [1.165, 1.54) is 4.90 Å². The van der Waals surface area contributed by atoms with Gasteiger partial charge in [0.25, 0.3) is 5.56 Å². The van der Waals surface area contributed by atoms with Gasteiger partial charge in [0.1, 0.15) is 6.04 Å². The van der Waals surface area contributed by atoms with Gasteiger partial charge in [0.2, 0.25) is 5.91 Å². The Bertz CT molecular complexity index is 699. The Labute approximate surface area is 133 Å². The zero-order valence-corrected chi connectivity index (χ0v) is 13.3. The van der Waals surface area contributed by atoms with E-state index >= 15 is 0 Å². The first-order valence-electron chi connectivity index (χ1n) is 7.66. The van der Waals surface area contributed by atoms with Crippen LogP contribution in [0, 0.1) is 0 Å². The van der Waals surface area contributed by atoms with E-state index in [2.05, 4.69) is 20.5 Å². The Morgan fingerprint density at radius 3 is 2.87 bits per heavy atom. The summed E-state index contributed by atoms with van der Waals surface area (Å²) >= 11 is 0. The predicted octanol–water partition coefficient (Wildman–Crippen LogP) is -0.997. The van der Waals surface area contributed by atoms with Gasteiger partial charge in [0, 0.05) is 44.4 Å². The molecule has 3 amide bonds. The first-order valence-corrected chi connectivity index (χ1v) is 7.66. The van der Waals surface area contributed by atoms with Crippen LogP contribution in [-0.4, -0.2) is 59.9 Å². The maximum absolute atomic E-state index is 12.1. The van der Waals surface area contributed by atoms with E-state index in [1.54, 1.807) is 7.05 Å². The Morgan fingerprint density at radius 2 is 2.17 bits per heavy atom. The van der Waals surface area contributed by atoms with E-state index in [-0.39, 0.29) is 24.0 Å². The maximum Gasteiger partial charge on any atom is 0.317 e. The standard InChI is InChI=1S/C15H21N5O3/c1-19-4-3-11-10(7-19)5-9(13(21)17-11)6-16-14(22)12-8-20(2)15(23)18-12/h5,12H,3-4,6-8H2,1-2H3,(H,16,22)(H,17,21)(H,18,23). The molecule has 124 valence electrons. The molecule has 3 rings (SSSR count). The van der Waals surface area contributed by atoms with Crippen molar-refractivity contribution in [3.63, 3.8) is 0 Å². The number of aromatic nitrogens is 1. The number of carbonyl (C=O) groups is 2. The van der Waals surface area contributed by atoms with Crippen molar-refractivity contribution in [3.8, 4) is 0 Å². The molecule has 3 N–H and O–H groups in total. The lowest BCUT2D eigenvalue weighted by atomic mass is 10.0. The molecule has 0 spiro atoms. The molecule has 8 nitrogen and oxygen atoms in total. The van der Waals surface area contributed by atoms with Gasteiger partial charge in [0.15, 0.2) is 0 Å². The Hall–Kier alpha value is -2.35. The number of carbonyl (C=O) groups excluding carboxylic acids is 2. The molecule has 1 atom stereocenters. The van der Waals surface area contributed by atoms with Gasteiger partial charge in [0.05, 0.1) is 6.54 Å². The smallest absolute Gasteiger partial charge is 0.317 e. The average molecular weight is 319 g/mol. The molecule has 0 aliphatic carbocycles. The van der Waals surface area contributed by atoms with Gasteiger partial charge in [-0.2, -0.15) is 0 Å². The molecule has 0 aromatic carbocycles. The zero-order chi connectivity index (χ0) is 16.6. The van der Waals surface area contributed by atoms with Crippen molar-refractivity contribution in [1.82, 2.24) is 25.4 Å². The first-order chi connectivity index (χ1) is 10.9. The van der Waals surface area contributed by atoms with E-state index in [9.17, 15) is 14.4 Å². The highest BCUT2D eigenvalue weighted by atomic mass is 16.2. The van der Waals surface area contributed by atoms with E-state index in [0.29, 0.717) is 12.1 Å². The minimum atomic E-state index is -0.574. The fourth-order valence-electron chi connectivity index (χ4n) is 2.94. The normalized spacial score (nSPS) is 21.0. The van der Waals surface area contributed by atoms with Crippen molar-refractivity contribution in [2.75, 3.05) is 27.2 Å². The summed E-state index contributed by atoms with van der Waals surface area (Å²) in [5.74, 6) is -0.281. The first kappa shape index (κ1) is 15.5. The van der Waals surface area contributed by atoms with Crippen LogP contribution in [-0.2, 0) is 24.3 Å². The molecule has 1 aromatic heterocycles. The number of rotatable bonds is 3. The van der Waals surface area contributed by atoms with Crippen LogP contribution >= 0.6 is 0 Å². The number of nitrogens with zero attached hydrogens (tertiary/aromatic N) is 2. The molecule has 1 fully saturated rings. The van der Waals surface area contributed by atoms with Crippen LogP contribution in [0.25, 0.3) is 0 Å². The highest BCUT2D eigenvalue weighted by molar-refractivity contribution is 5.90. The number of amides is 3. The van der Waals surface area contributed by atoms with Crippen molar-refractivity contribution in [1.29, 1.82) is 0 Å². The molecule has 0 radical (unpaired) electrons. The highest BCUT2D eigenvalue weighted by Gasteiger charge is 2.31. The second kappa shape index (κ2) is 6.04. The lowest BCUT2D eigenvalue weighted by Crippen LogP contribution is -2.43. The zero-order valence-electron chi connectivity index (χ0n) is 13.3. The molecule has 2 aliphatic heterocycles. The number of nitrogens with one attached hydrogen (secondary N) is 3. The second-order valence-electron chi connectivity index (χ2n) is 6.22. The monoisotopic (exact) mass is 319 g/mol. The minimum absolute atomic E-state index is 0.154. The van der Waals surface area contributed by atoms with Crippen LogP contribution in [0.15, 0.2) is 10.9 Å². The summed E-state index contributed by atoms with van der Waals surface area (Å²) in [4.78, 5) is 42.1. The molecule has 0 saturated carbocycles. The molecule has 2 aliphatic rings. The number of aromatic amines is 1. The summed E-state index contributed by atoms with van der Waals surface area (Å²) in [6.45, 7) is 2.20. The number of fused-ring (bicyclic) bond motifs is 1. The van der Waals surface area contributed by atoms with Crippen LogP contribution in [0.5, 0.6) is 0 Å². The largest absolute Gasteiger partial charge is 0.350 e. The summed E-state index contributed by atoms with van der Waals surface area (Å²) in [5, 5.41) is 5.32. The van der Waals surface area contributed by atoms with Crippen LogP contribution in [0.1, 0.15) is 16.8 Å². The summed E-state index contributed by atoms with van der Waals surface area (Å²) in [7, 11) is 3.67. The summed E-state index contributed by atoms with van der Waals surface area (Å²) < 4.78 is 0. The van der Waals surface area contributed by atoms with Crippen molar-refractivity contribution in [2.24, 2.45) is 0 Å². The summed E-state index contributed by atoms with van der Waals surface area (Å²) in [5.41, 5.74) is 2.44. The topological polar surface area (TPSA) is 97.5 Å².